The number of carboxylic acids is 1. The first-order valence-corrected chi connectivity index (χ1v) is 6.82. The fourth-order valence-electron chi connectivity index (χ4n) is 2.49. The normalized spacial score (nSPS) is 16.5. The van der Waals surface area contributed by atoms with Crippen LogP contribution in [0.4, 0.5) is 4.79 Å². The third kappa shape index (κ3) is 4.58. The first kappa shape index (κ1) is 15.5. The van der Waals surface area contributed by atoms with Crippen LogP contribution in [0, 0.1) is 11.8 Å². The van der Waals surface area contributed by atoms with Gasteiger partial charge in [-0.2, -0.15) is 0 Å². The SMILES string of the molecule is C=CCN(CC(=O)O)C(=O)N1CCC(C(C)C)CC1. The zero-order chi connectivity index (χ0) is 14.4. The van der Waals surface area contributed by atoms with Crippen LogP contribution in [0.5, 0.6) is 0 Å². The van der Waals surface area contributed by atoms with Gasteiger partial charge in [0.25, 0.3) is 0 Å². The molecule has 0 aromatic rings. The third-order valence-electron chi connectivity index (χ3n) is 3.70. The molecule has 1 fully saturated rings. The van der Waals surface area contributed by atoms with Crippen molar-refractivity contribution in [3.8, 4) is 0 Å². The van der Waals surface area contributed by atoms with Crippen molar-refractivity contribution in [1.29, 1.82) is 0 Å². The monoisotopic (exact) mass is 268 g/mol. The van der Waals surface area contributed by atoms with Crippen molar-refractivity contribution in [3.05, 3.63) is 12.7 Å². The number of urea groups is 1. The Hall–Kier alpha value is -1.52. The second kappa shape index (κ2) is 7.16. The summed E-state index contributed by atoms with van der Waals surface area (Å²) in [5.41, 5.74) is 0. The second-order valence-corrected chi connectivity index (χ2v) is 5.41. The Labute approximate surface area is 114 Å². The van der Waals surface area contributed by atoms with E-state index in [-0.39, 0.29) is 19.1 Å². The van der Waals surface area contributed by atoms with E-state index >= 15 is 0 Å². The number of piperidine rings is 1. The molecular formula is C14H24N2O3. The number of amides is 2. The van der Waals surface area contributed by atoms with E-state index in [1.807, 2.05) is 0 Å². The van der Waals surface area contributed by atoms with Crippen molar-refractivity contribution < 1.29 is 14.7 Å². The maximum absolute atomic E-state index is 12.2. The van der Waals surface area contributed by atoms with Gasteiger partial charge in [-0.1, -0.05) is 19.9 Å². The molecule has 0 spiro atoms. The molecule has 1 rings (SSSR count). The van der Waals surface area contributed by atoms with E-state index in [1.165, 1.54) is 4.90 Å². The maximum Gasteiger partial charge on any atom is 0.323 e. The first-order chi connectivity index (χ1) is 8.95. The predicted octanol–water partition coefficient (Wildman–Crippen LogP) is 2.05. The number of nitrogens with zero attached hydrogens (tertiary/aromatic N) is 2. The molecule has 0 bridgehead atoms. The minimum absolute atomic E-state index is 0.190. The topological polar surface area (TPSA) is 60.9 Å². The summed E-state index contributed by atoms with van der Waals surface area (Å²) in [7, 11) is 0. The van der Waals surface area contributed by atoms with Crippen molar-refractivity contribution in [2.75, 3.05) is 26.2 Å². The van der Waals surface area contributed by atoms with Crippen LogP contribution in [0.2, 0.25) is 0 Å². The minimum Gasteiger partial charge on any atom is -0.480 e. The Balaban J connectivity index is 2.56. The van der Waals surface area contributed by atoms with Gasteiger partial charge in [-0.3, -0.25) is 4.79 Å². The lowest BCUT2D eigenvalue weighted by Crippen LogP contribution is -2.48. The van der Waals surface area contributed by atoms with Gasteiger partial charge in [0, 0.05) is 19.6 Å². The number of hydrogen-bond donors (Lipinski definition) is 1. The van der Waals surface area contributed by atoms with Crippen molar-refractivity contribution in [2.45, 2.75) is 26.7 Å². The molecule has 108 valence electrons. The molecule has 0 aromatic heterocycles. The lowest BCUT2D eigenvalue weighted by Gasteiger charge is -2.36. The molecule has 5 nitrogen and oxygen atoms in total. The molecule has 5 heteroatoms. The standard InChI is InChI=1S/C14H24N2O3/c1-4-7-16(10-13(17)18)14(19)15-8-5-12(6-9-15)11(2)3/h4,11-12H,1,5-10H2,2-3H3,(H,17,18). The van der Waals surface area contributed by atoms with E-state index in [1.54, 1.807) is 11.0 Å². The minimum atomic E-state index is -0.993. The number of carboxylic acid groups (broad SMARTS) is 1. The van der Waals surface area contributed by atoms with Crippen LogP contribution in [-0.2, 0) is 4.79 Å². The molecule has 19 heavy (non-hydrogen) atoms. The Kier molecular flexibility index (Phi) is 5.86. The Bertz CT molecular complexity index is 334. The molecule has 0 saturated carbocycles. The first-order valence-electron chi connectivity index (χ1n) is 6.82. The highest BCUT2D eigenvalue weighted by molar-refractivity contribution is 5.80. The smallest absolute Gasteiger partial charge is 0.323 e. The number of carbonyl (C=O) groups excluding carboxylic acids is 1. The van der Waals surface area contributed by atoms with Gasteiger partial charge < -0.3 is 14.9 Å². The summed E-state index contributed by atoms with van der Waals surface area (Å²) in [6.07, 6.45) is 3.55. The zero-order valence-electron chi connectivity index (χ0n) is 11.8. The molecule has 0 aromatic carbocycles. The number of likely N-dealkylation sites (tertiary alicyclic amines) is 1. The Morgan fingerprint density at radius 1 is 1.42 bits per heavy atom. The van der Waals surface area contributed by atoms with Gasteiger partial charge in [-0.15, -0.1) is 6.58 Å². The van der Waals surface area contributed by atoms with E-state index in [9.17, 15) is 9.59 Å². The number of aliphatic carboxylic acids is 1. The quantitative estimate of drug-likeness (QED) is 0.776. The van der Waals surface area contributed by atoms with E-state index in [0.29, 0.717) is 11.8 Å². The summed E-state index contributed by atoms with van der Waals surface area (Å²) < 4.78 is 0. The van der Waals surface area contributed by atoms with Gasteiger partial charge in [-0.05, 0) is 24.7 Å². The van der Waals surface area contributed by atoms with Gasteiger partial charge in [-0.25, -0.2) is 4.79 Å². The summed E-state index contributed by atoms with van der Waals surface area (Å²) >= 11 is 0. The summed E-state index contributed by atoms with van der Waals surface area (Å²) in [6, 6.07) is -0.190. The molecule has 1 aliphatic heterocycles. The van der Waals surface area contributed by atoms with Gasteiger partial charge in [0.2, 0.25) is 0 Å². The summed E-state index contributed by atoms with van der Waals surface area (Å²) in [4.78, 5) is 26.1. The van der Waals surface area contributed by atoms with E-state index in [2.05, 4.69) is 20.4 Å². The summed E-state index contributed by atoms with van der Waals surface area (Å²) in [6.45, 7) is 9.41. The van der Waals surface area contributed by atoms with E-state index in [0.717, 1.165) is 25.9 Å². The number of carbonyl (C=O) groups is 2. The van der Waals surface area contributed by atoms with Crippen LogP contribution in [0.1, 0.15) is 26.7 Å². The lowest BCUT2D eigenvalue weighted by molar-refractivity contribution is -0.137. The molecule has 1 aliphatic rings. The molecule has 1 N–H and O–H groups in total. The fourth-order valence-corrected chi connectivity index (χ4v) is 2.49. The largest absolute Gasteiger partial charge is 0.480 e. The molecule has 0 unspecified atom stereocenters. The van der Waals surface area contributed by atoms with Crippen molar-refractivity contribution in [3.63, 3.8) is 0 Å². The van der Waals surface area contributed by atoms with Crippen LogP contribution >= 0.6 is 0 Å². The highest BCUT2D eigenvalue weighted by atomic mass is 16.4. The average Bonchev–Trinajstić information content (AvgIpc) is 2.37. The van der Waals surface area contributed by atoms with Gasteiger partial charge in [0.1, 0.15) is 6.54 Å². The molecule has 0 atom stereocenters. The third-order valence-corrected chi connectivity index (χ3v) is 3.70. The molecule has 0 radical (unpaired) electrons. The average molecular weight is 268 g/mol. The summed E-state index contributed by atoms with van der Waals surface area (Å²) in [5, 5.41) is 8.83. The highest BCUT2D eigenvalue weighted by Crippen LogP contribution is 2.24. The van der Waals surface area contributed by atoms with Crippen molar-refractivity contribution >= 4 is 12.0 Å². The van der Waals surface area contributed by atoms with Crippen LogP contribution in [0.25, 0.3) is 0 Å². The molecule has 1 saturated heterocycles. The zero-order valence-corrected chi connectivity index (χ0v) is 11.8. The molecule has 1 heterocycles. The molecular weight excluding hydrogens is 244 g/mol. The van der Waals surface area contributed by atoms with Gasteiger partial charge >= 0.3 is 12.0 Å². The van der Waals surface area contributed by atoms with Crippen LogP contribution in [-0.4, -0.2) is 53.1 Å². The van der Waals surface area contributed by atoms with Crippen LogP contribution in [0.15, 0.2) is 12.7 Å². The number of rotatable bonds is 5. The van der Waals surface area contributed by atoms with Crippen LogP contribution in [0.3, 0.4) is 0 Å². The summed E-state index contributed by atoms with van der Waals surface area (Å²) in [5.74, 6) is 0.309. The Morgan fingerprint density at radius 2 is 2.00 bits per heavy atom. The van der Waals surface area contributed by atoms with Crippen LogP contribution < -0.4 is 0 Å². The van der Waals surface area contributed by atoms with Gasteiger partial charge in [0.15, 0.2) is 0 Å². The van der Waals surface area contributed by atoms with E-state index in [4.69, 9.17) is 5.11 Å². The Morgan fingerprint density at radius 3 is 2.42 bits per heavy atom. The predicted molar refractivity (Wildman–Crippen MR) is 73.9 cm³/mol. The number of hydrogen-bond acceptors (Lipinski definition) is 2. The lowest BCUT2D eigenvalue weighted by atomic mass is 9.87. The second-order valence-electron chi connectivity index (χ2n) is 5.41. The highest BCUT2D eigenvalue weighted by Gasteiger charge is 2.27. The fraction of sp³-hybridized carbons (Fsp3) is 0.714. The molecule has 0 aliphatic carbocycles. The van der Waals surface area contributed by atoms with Crippen molar-refractivity contribution in [1.82, 2.24) is 9.80 Å². The van der Waals surface area contributed by atoms with Gasteiger partial charge in [0.05, 0.1) is 0 Å². The molecule has 2 amide bonds. The maximum atomic E-state index is 12.2. The van der Waals surface area contributed by atoms with Crippen molar-refractivity contribution in [2.24, 2.45) is 11.8 Å². The van der Waals surface area contributed by atoms with E-state index < -0.39 is 5.97 Å².